The summed E-state index contributed by atoms with van der Waals surface area (Å²) >= 11 is 0. The van der Waals surface area contributed by atoms with Gasteiger partial charge in [0.1, 0.15) is 0 Å². The predicted molar refractivity (Wildman–Crippen MR) is 102 cm³/mol. The Kier molecular flexibility index (Phi) is 9.18. The molecule has 26 heavy (non-hydrogen) atoms. The first-order valence-corrected chi connectivity index (χ1v) is 10.2. The molecule has 3 amide bonds. The second-order valence-corrected chi connectivity index (χ2v) is 7.94. The van der Waals surface area contributed by atoms with Gasteiger partial charge in [-0.15, -0.1) is 0 Å². The van der Waals surface area contributed by atoms with Crippen LogP contribution in [0.4, 0.5) is 4.79 Å². The number of morpholine rings is 1. The number of hydrogen-bond donors (Lipinski definition) is 3. The molecule has 0 unspecified atom stereocenters. The van der Waals surface area contributed by atoms with Gasteiger partial charge < -0.3 is 20.7 Å². The molecule has 0 aromatic carbocycles. The minimum atomic E-state index is -0.236. The Hall–Kier alpha value is -1.34. The highest BCUT2D eigenvalue weighted by Gasteiger charge is 2.21. The Morgan fingerprint density at radius 2 is 1.92 bits per heavy atom. The van der Waals surface area contributed by atoms with Crippen LogP contribution in [0.15, 0.2) is 0 Å². The van der Waals surface area contributed by atoms with Crippen molar-refractivity contribution in [2.45, 2.75) is 64.5 Å². The Morgan fingerprint density at radius 3 is 2.65 bits per heavy atom. The van der Waals surface area contributed by atoms with Crippen molar-refractivity contribution in [2.75, 3.05) is 39.3 Å². The molecule has 1 aliphatic carbocycles. The van der Waals surface area contributed by atoms with Crippen LogP contribution >= 0.6 is 0 Å². The predicted octanol–water partition coefficient (Wildman–Crippen LogP) is 1.48. The topological polar surface area (TPSA) is 82.7 Å². The number of amides is 3. The second-order valence-electron chi connectivity index (χ2n) is 7.94. The molecule has 1 heterocycles. The molecule has 2 rings (SSSR count). The quantitative estimate of drug-likeness (QED) is 0.606. The molecule has 3 N–H and O–H groups in total. The summed E-state index contributed by atoms with van der Waals surface area (Å²) < 4.78 is 5.72. The van der Waals surface area contributed by atoms with Crippen molar-refractivity contribution in [2.24, 2.45) is 5.92 Å². The lowest BCUT2D eigenvalue weighted by atomic mass is 9.95. The maximum absolute atomic E-state index is 11.9. The van der Waals surface area contributed by atoms with Crippen molar-refractivity contribution in [3.05, 3.63) is 0 Å². The van der Waals surface area contributed by atoms with Crippen molar-refractivity contribution in [3.63, 3.8) is 0 Å². The van der Waals surface area contributed by atoms with Gasteiger partial charge in [-0.2, -0.15) is 0 Å². The first kappa shape index (κ1) is 21.0. The smallest absolute Gasteiger partial charge is 0.314 e. The summed E-state index contributed by atoms with van der Waals surface area (Å²) in [5.41, 5.74) is 0. The zero-order valence-electron chi connectivity index (χ0n) is 16.4. The number of ether oxygens (including phenoxy) is 1. The minimum absolute atomic E-state index is 0.0251. The Labute approximate surface area is 157 Å². The zero-order valence-corrected chi connectivity index (χ0v) is 16.4. The molecule has 0 spiro atoms. The van der Waals surface area contributed by atoms with Crippen LogP contribution in [0.25, 0.3) is 0 Å². The van der Waals surface area contributed by atoms with Crippen molar-refractivity contribution >= 4 is 11.9 Å². The number of nitrogens with zero attached hydrogens (tertiary/aromatic N) is 1. The molecule has 0 aromatic rings. The van der Waals surface area contributed by atoms with Crippen LogP contribution in [0, 0.1) is 5.92 Å². The molecular formula is C19H36N4O3. The number of nitrogens with one attached hydrogen (secondary N) is 3. The maximum atomic E-state index is 11.9. The van der Waals surface area contributed by atoms with Gasteiger partial charge in [-0.25, -0.2) is 4.79 Å². The van der Waals surface area contributed by atoms with E-state index in [4.69, 9.17) is 4.74 Å². The van der Waals surface area contributed by atoms with E-state index in [1.165, 1.54) is 19.3 Å². The minimum Gasteiger partial charge on any atom is -0.374 e. The fourth-order valence-electron chi connectivity index (χ4n) is 3.69. The van der Waals surface area contributed by atoms with E-state index in [0.717, 1.165) is 32.5 Å². The van der Waals surface area contributed by atoms with Crippen molar-refractivity contribution < 1.29 is 14.3 Å². The SMILES string of the molecule is CC(C)CN1CCO[C@@H](CNC(=O)NCCC(=O)NC2CCCCC2)C1. The molecule has 0 aromatic heterocycles. The highest BCUT2D eigenvalue weighted by Crippen LogP contribution is 2.17. The van der Waals surface area contributed by atoms with Crippen molar-refractivity contribution in [1.82, 2.24) is 20.9 Å². The zero-order chi connectivity index (χ0) is 18.8. The van der Waals surface area contributed by atoms with E-state index in [1.807, 2.05) is 0 Å². The van der Waals surface area contributed by atoms with Gasteiger partial charge in [-0.1, -0.05) is 33.1 Å². The molecule has 2 fully saturated rings. The van der Waals surface area contributed by atoms with E-state index in [-0.39, 0.29) is 18.0 Å². The van der Waals surface area contributed by atoms with E-state index < -0.39 is 0 Å². The van der Waals surface area contributed by atoms with Gasteiger partial charge in [-0.3, -0.25) is 9.69 Å². The molecule has 7 nitrogen and oxygen atoms in total. The number of carbonyl (C=O) groups excluding carboxylic acids is 2. The highest BCUT2D eigenvalue weighted by molar-refractivity contribution is 5.78. The fourth-order valence-corrected chi connectivity index (χ4v) is 3.69. The summed E-state index contributed by atoms with van der Waals surface area (Å²) in [6, 6.07) is 0.0855. The number of rotatable bonds is 8. The van der Waals surface area contributed by atoms with Crippen molar-refractivity contribution in [3.8, 4) is 0 Å². The standard InChI is InChI=1S/C19H36N4O3/c1-15(2)13-23-10-11-26-17(14-23)12-21-19(25)20-9-8-18(24)22-16-6-4-3-5-7-16/h15-17H,3-14H2,1-2H3,(H,22,24)(H2,20,21,25)/t17-/m0/s1. The third-order valence-corrected chi connectivity index (χ3v) is 4.94. The fraction of sp³-hybridized carbons (Fsp3) is 0.895. The van der Waals surface area contributed by atoms with Crippen LogP contribution < -0.4 is 16.0 Å². The Bertz CT molecular complexity index is 439. The molecule has 1 saturated carbocycles. The first-order valence-electron chi connectivity index (χ1n) is 10.2. The number of carbonyl (C=O) groups is 2. The van der Waals surface area contributed by atoms with Crippen LogP contribution in [0.3, 0.4) is 0 Å². The summed E-state index contributed by atoms with van der Waals surface area (Å²) in [4.78, 5) is 26.2. The van der Waals surface area contributed by atoms with Crippen LogP contribution in [-0.4, -0.2) is 68.3 Å². The van der Waals surface area contributed by atoms with Crippen LogP contribution in [0.5, 0.6) is 0 Å². The first-order chi connectivity index (χ1) is 12.5. The van der Waals surface area contributed by atoms with Gasteiger partial charge >= 0.3 is 6.03 Å². The molecule has 7 heteroatoms. The third-order valence-electron chi connectivity index (χ3n) is 4.94. The molecular weight excluding hydrogens is 332 g/mol. The van der Waals surface area contributed by atoms with Gasteiger partial charge in [0.25, 0.3) is 0 Å². The van der Waals surface area contributed by atoms with Gasteiger partial charge in [0.05, 0.1) is 12.7 Å². The van der Waals surface area contributed by atoms with Crippen molar-refractivity contribution in [1.29, 1.82) is 0 Å². The summed E-state index contributed by atoms with van der Waals surface area (Å²) in [7, 11) is 0. The highest BCUT2D eigenvalue weighted by atomic mass is 16.5. The lowest BCUT2D eigenvalue weighted by Gasteiger charge is -2.33. The Morgan fingerprint density at radius 1 is 1.15 bits per heavy atom. The largest absolute Gasteiger partial charge is 0.374 e. The summed E-state index contributed by atoms with van der Waals surface area (Å²) in [6.45, 7) is 8.84. The second kappa shape index (κ2) is 11.4. The average Bonchev–Trinajstić information content (AvgIpc) is 2.60. The van der Waals surface area contributed by atoms with E-state index >= 15 is 0 Å². The number of hydrogen-bond acceptors (Lipinski definition) is 4. The molecule has 0 radical (unpaired) electrons. The van der Waals surface area contributed by atoms with E-state index in [0.29, 0.717) is 38.1 Å². The lowest BCUT2D eigenvalue weighted by molar-refractivity contribution is -0.121. The monoisotopic (exact) mass is 368 g/mol. The van der Waals surface area contributed by atoms with E-state index in [9.17, 15) is 9.59 Å². The van der Waals surface area contributed by atoms with Crippen LogP contribution in [0.2, 0.25) is 0 Å². The third kappa shape index (κ3) is 8.36. The van der Waals surface area contributed by atoms with E-state index in [1.54, 1.807) is 0 Å². The number of urea groups is 1. The van der Waals surface area contributed by atoms with Gasteiger partial charge in [-0.05, 0) is 18.8 Å². The molecule has 1 saturated heterocycles. The molecule has 1 aliphatic heterocycles. The summed E-state index contributed by atoms with van der Waals surface area (Å²) in [5.74, 6) is 0.655. The normalized spacial score (nSPS) is 22.2. The molecule has 2 aliphatic rings. The lowest BCUT2D eigenvalue weighted by Crippen LogP contribution is -2.50. The summed E-state index contributed by atoms with van der Waals surface area (Å²) in [6.07, 6.45) is 6.18. The van der Waals surface area contributed by atoms with E-state index in [2.05, 4.69) is 34.7 Å². The maximum Gasteiger partial charge on any atom is 0.314 e. The summed E-state index contributed by atoms with van der Waals surface area (Å²) in [5, 5.41) is 8.66. The van der Waals surface area contributed by atoms with Crippen LogP contribution in [-0.2, 0) is 9.53 Å². The van der Waals surface area contributed by atoms with Crippen LogP contribution in [0.1, 0.15) is 52.4 Å². The molecule has 150 valence electrons. The average molecular weight is 369 g/mol. The molecule has 1 atom stereocenters. The molecule has 0 bridgehead atoms. The van der Waals surface area contributed by atoms with Gasteiger partial charge in [0, 0.05) is 45.2 Å². The van der Waals surface area contributed by atoms with Gasteiger partial charge in [0.2, 0.25) is 5.91 Å². The Balaban J connectivity index is 1.53. The van der Waals surface area contributed by atoms with Gasteiger partial charge in [0.15, 0.2) is 0 Å².